The highest BCUT2D eigenvalue weighted by Gasteiger charge is 2.22. The van der Waals surface area contributed by atoms with Crippen molar-refractivity contribution in [1.82, 2.24) is 0 Å². The zero-order chi connectivity index (χ0) is 22.0. The van der Waals surface area contributed by atoms with Crippen molar-refractivity contribution in [2.75, 3.05) is 4.72 Å². The van der Waals surface area contributed by atoms with E-state index in [1.165, 1.54) is 18.6 Å². The smallest absolute Gasteiger partial charge is 0.338 e. The van der Waals surface area contributed by atoms with Crippen LogP contribution in [-0.2, 0) is 10.0 Å². The van der Waals surface area contributed by atoms with Gasteiger partial charge in [-0.1, -0.05) is 30.7 Å². The molecule has 8 heteroatoms. The van der Waals surface area contributed by atoms with Crippen LogP contribution in [0.15, 0.2) is 59.5 Å². The predicted octanol–water partition coefficient (Wildman–Crippen LogP) is 5.19. The summed E-state index contributed by atoms with van der Waals surface area (Å²) in [6.45, 7) is 0. The summed E-state index contributed by atoms with van der Waals surface area (Å²) in [5, 5.41) is 10.3. The molecular weight excluding hydrogens is 421 g/mol. The molecule has 1 fully saturated rings. The fraction of sp³-hybridized carbons (Fsp3) is 0.261. The Labute approximate surface area is 179 Å². The van der Waals surface area contributed by atoms with Crippen LogP contribution in [0.4, 0.5) is 10.1 Å². The zero-order valence-corrected chi connectivity index (χ0v) is 17.5. The normalized spacial score (nSPS) is 15.0. The number of rotatable bonds is 6. The van der Waals surface area contributed by atoms with Gasteiger partial charge in [0.2, 0.25) is 0 Å². The molecule has 0 saturated heterocycles. The van der Waals surface area contributed by atoms with E-state index in [2.05, 4.69) is 4.72 Å². The second kappa shape index (κ2) is 8.55. The first-order chi connectivity index (χ1) is 14.8. The number of hydrogen-bond acceptors (Lipinski definition) is 4. The van der Waals surface area contributed by atoms with Crippen molar-refractivity contribution in [2.45, 2.75) is 43.1 Å². The van der Waals surface area contributed by atoms with Crippen molar-refractivity contribution in [1.29, 1.82) is 0 Å². The predicted molar refractivity (Wildman–Crippen MR) is 116 cm³/mol. The van der Waals surface area contributed by atoms with Crippen LogP contribution in [0.1, 0.15) is 42.5 Å². The van der Waals surface area contributed by atoms with Crippen LogP contribution in [0.3, 0.4) is 0 Å². The molecule has 4 rings (SSSR count). The minimum atomic E-state index is -4.07. The zero-order valence-electron chi connectivity index (χ0n) is 16.7. The molecule has 31 heavy (non-hydrogen) atoms. The average Bonchev–Trinajstić information content (AvgIpc) is 2.75. The molecule has 0 atom stereocenters. The maximum absolute atomic E-state index is 13.6. The topological polar surface area (TPSA) is 92.7 Å². The lowest BCUT2D eigenvalue weighted by Crippen LogP contribution is -2.20. The average molecular weight is 443 g/mol. The Bertz CT molecular complexity index is 1240. The molecule has 2 N–H and O–H groups in total. The van der Waals surface area contributed by atoms with Crippen LogP contribution in [0, 0.1) is 5.82 Å². The van der Waals surface area contributed by atoms with Gasteiger partial charge in [0.05, 0.1) is 16.6 Å². The third kappa shape index (κ3) is 4.49. The van der Waals surface area contributed by atoms with Gasteiger partial charge in [-0.15, -0.1) is 0 Å². The summed E-state index contributed by atoms with van der Waals surface area (Å²) >= 11 is 0. The lowest BCUT2D eigenvalue weighted by atomic mass is 9.97. The van der Waals surface area contributed by atoms with E-state index in [1.807, 2.05) is 12.1 Å². The summed E-state index contributed by atoms with van der Waals surface area (Å²) in [4.78, 5) is 11.2. The van der Waals surface area contributed by atoms with E-state index in [1.54, 1.807) is 18.2 Å². The number of fused-ring (bicyclic) bond motifs is 1. The van der Waals surface area contributed by atoms with E-state index in [0.717, 1.165) is 37.8 Å². The Morgan fingerprint density at radius 3 is 2.42 bits per heavy atom. The fourth-order valence-corrected chi connectivity index (χ4v) is 5.17. The minimum Gasteiger partial charge on any atom is -0.490 e. The SMILES string of the molecule is O=C(O)c1cc(NS(=O)(=O)c2ccc(OC3CCCCC3)c3ccccc23)ccc1F. The summed E-state index contributed by atoms with van der Waals surface area (Å²) in [7, 11) is -4.07. The number of carbonyl (C=O) groups is 1. The van der Waals surface area contributed by atoms with E-state index >= 15 is 0 Å². The number of sulfonamides is 1. The molecule has 6 nitrogen and oxygen atoms in total. The molecule has 162 valence electrons. The lowest BCUT2D eigenvalue weighted by Gasteiger charge is -2.24. The van der Waals surface area contributed by atoms with Crippen LogP contribution >= 0.6 is 0 Å². The third-order valence-corrected chi connectivity index (χ3v) is 6.87. The van der Waals surface area contributed by atoms with Crippen molar-refractivity contribution in [3.63, 3.8) is 0 Å². The Morgan fingerprint density at radius 1 is 1.00 bits per heavy atom. The van der Waals surface area contributed by atoms with E-state index in [4.69, 9.17) is 9.84 Å². The Hall–Kier alpha value is -3.13. The monoisotopic (exact) mass is 443 g/mol. The number of carboxylic acid groups (broad SMARTS) is 1. The maximum Gasteiger partial charge on any atom is 0.338 e. The molecule has 0 spiro atoms. The van der Waals surface area contributed by atoms with Crippen LogP contribution in [-0.4, -0.2) is 25.6 Å². The molecule has 1 aliphatic carbocycles. The van der Waals surface area contributed by atoms with Gasteiger partial charge >= 0.3 is 5.97 Å². The summed E-state index contributed by atoms with van der Waals surface area (Å²) in [6, 6.07) is 13.3. The molecule has 0 heterocycles. The number of halogens is 1. The lowest BCUT2D eigenvalue weighted by molar-refractivity contribution is 0.0692. The Morgan fingerprint density at radius 2 is 1.71 bits per heavy atom. The van der Waals surface area contributed by atoms with Gasteiger partial charge in [0, 0.05) is 16.5 Å². The number of benzene rings is 3. The van der Waals surface area contributed by atoms with Crippen molar-refractivity contribution in [2.24, 2.45) is 0 Å². The molecule has 0 amide bonds. The number of carboxylic acids is 1. The molecule has 1 saturated carbocycles. The van der Waals surface area contributed by atoms with E-state index in [-0.39, 0.29) is 16.7 Å². The van der Waals surface area contributed by atoms with Crippen LogP contribution in [0.25, 0.3) is 10.8 Å². The fourth-order valence-electron chi connectivity index (χ4n) is 3.91. The molecule has 0 unspecified atom stereocenters. The Balaban J connectivity index is 1.69. The standard InChI is InChI=1S/C23H22FNO5S/c24-20-11-10-15(14-19(20)23(26)27)25-31(28,29)22-13-12-21(17-8-4-5-9-18(17)22)30-16-6-2-1-3-7-16/h4-5,8-14,16,25H,1-3,6-7H2,(H,26,27). The van der Waals surface area contributed by atoms with Crippen molar-refractivity contribution < 1.29 is 27.4 Å². The van der Waals surface area contributed by atoms with E-state index in [0.29, 0.717) is 16.5 Å². The minimum absolute atomic E-state index is 0.0281. The first-order valence-electron chi connectivity index (χ1n) is 10.1. The molecule has 1 aliphatic rings. The number of aromatic carboxylic acids is 1. The molecule has 0 aliphatic heterocycles. The molecule has 0 radical (unpaired) electrons. The number of hydrogen-bond donors (Lipinski definition) is 2. The second-order valence-electron chi connectivity index (χ2n) is 7.59. The summed E-state index contributed by atoms with van der Waals surface area (Å²) in [5.74, 6) is -1.78. The first-order valence-corrected chi connectivity index (χ1v) is 11.6. The molecule has 0 aromatic heterocycles. The van der Waals surface area contributed by atoms with Crippen LogP contribution in [0.5, 0.6) is 5.75 Å². The highest BCUT2D eigenvalue weighted by atomic mass is 32.2. The number of nitrogens with one attached hydrogen (secondary N) is 1. The highest BCUT2D eigenvalue weighted by Crippen LogP contribution is 2.34. The molecule has 0 bridgehead atoms. The van der Waals surface area contributed by atoms with Crippen molar-refractivity contribution >= 4 is 32.5 Å². The maximum atomic E-state index is 13.6. The molecular formula is C23H22FNO5S. The van der Waals surface area contributed by atoms with Crippen molar-refractivity contribution in [3.05, 3.63) is 66.0 Å². The van der Waals surface area contributed by atoms with E-state index < -0.39 is 27.4 Å². The van der Waals surface area contributed by atoms with Gasteiger partial charge in [-0.3, -0.25) is 4.72 Å². The van der Waals surface area contributed by atoms with E-state index in [9.17, 15) is 17.6 Å². The summed E-state index contributed by atoms with van der Waals surface area (Å²) in [5.41, 5.74) is -0.647. The van der Waals surface area contributed by atoms with Gasteiger partial charge in [-0.25, -0.2) is 17.6 Å². The van der Waals surface area contributed by atoms with Crippen molar-refractivity contribution in [3.8, 4) is 5.75 Å². The molecule has 3 aromatic rings. The van der Waals surface area contributed by atoms with Gasteiger partial charge in [-0.05, 0) is 56.0 Å². The summed E-state index contributed by atoms with van der Waals surface area (Å²) in [6.07, 6.45) is 5.52. The quantitative estimate of drug-likeness (QED) is 0.547. The third-order valence-electron chi connectivity index (χ3n) is 5.43. The second-order valence-corrected chi connectivity index (χ2v) is 9.24. The van der Waals surface area contributed by atoms with Gasteiger partial charge < -0.3 is 9.84 Å². The number of ether oxygens (including phenoxy) is 1. The van der Waals surface area contributed by atoms with Crippen LogP contribution < -0.4 is 9.46 Å². The van der Waals surface area contributed by atoms with Gasteiger partial charge in [0.1, 0.15) is 11.6 Å². The highest BCUT2D eigenvalue weighted by molar-refractivity contribution is 7.93. The van der Waals surface area contributed by atoms with Crippen LogP contribution in [0.2, 0.25) is 0 Å². The van der Waals surface area contributed by atoms with Gasteiger partial charge in [0.25, 0.3) is 10.0 Å². The Kier molecular flexibility index (Phi) is 5.82. The van der Waals surface area contributed by atoms with Gasteiger partial charge in [0.15, 0.2) is 0 Å². The van der Waals surface area contributed by atoms with Gasteiger partial charge in [-0.2, -0.15) is 0 Å². The first kappa shape index (κ1) is 21.1. The number of anilines is 1. The molecule has 3 aromatic carbocycles. The largest absolute Gasteiger partial charge is 0.490 e. The summed E-state index contributed by atoms with van der Waals surface area (Å²) < 4.78 is 48.4.